The lowest BCUT2D eigenvalue weighted by Gasteiger charge is -2.22. The molecule has 292 valence electrons. The van der Waals surface area contributed by atoms with Crippen LogP contribution in [0.1, 0.15) is 32.1 Å². The Bertz CT molecular complexity index is 1270. The minimum absolute atomic E-state index is 0.00106. The lowest BCUT2D eigenvalue weighted by atomic mass is 10.3. The number of nitrogens with one attached hydrogen (secondary N) is 2. The van der Waals surface area contributed by atoms with Gasteiger partial charge in [-0.2, -0.15) is 0 Å². The Kier molecular flexibility index (Phi) is 19.0. The third kappa shape index (κ3) is 16.1. The van der Waals surface area contributed by atoms with Crippen LogP contribution in [0.15, 0.2) is 24.3 Å². The van der Waals surface area contributed by atoms with Crippen LogP contribution in [0, 0.1) is 0 Å². The van der Waals surface area contributed by atoms with E-state index in [2.05, 4.69) is 10.6 Å². The molecule has 0 aromatic rings. The maximum absolute atomic E-state index is 12.3. The third-order valence-electron chi connectivity index (χ3n) is 7.74. The molecule has 0 aromatic heterocycles. The van der Waals surface area contributed by atoms with Gasteiger partial charge in [0.2, 0.25) is 11.8 Å². The van der Waals surface area contributed by atoms with E-state index >= 15 is 0 Å². The second kappa shape index (κ2) is 23.6. The minimum Gasteiger partial charge on any atom is -0.378 e. The molecule has 0 unspecified atom stereocenters. The van der Waals surface area contributed by atoms with Gasteiger partial charge in [-0.05, 0) is 0 Å². The van der Waals surface area contributed by atoms with Gasteiger partial charge < -0.3 is 34.4 Å². The lowest BCUT2D eigenvalue weighted by molar-refractivity contribution is -0.197. The monoisotopic (exact) mass is 750 g/mol. The topological polar surface area (TPSA) is 237 Å². The summed E-state index contributed by atoms with van der Waals surface area (Å²) in [6, 6.07) is 0. The average Bonchev–Trinajstić information content (AvgIpc) is 3.75. The molecule has 0 bridgehead atoms. The van der Waals surface area contributed by atoms with Crippen LogP contribution >= 0.6 is 0 Å². The van der Waals surface area contributed by atoms with E-state index in [1.807, 2.05) is 4.90 Å². The van der Waals surface area contributed by atoms with Crippen molar-refractivity contribution >= 4 is 53.2 Å². The van der Waals surface area contributed by atoms with Crippen molar-refractivity contribution in [2.45, 2.75) is 32.1 Å². The largest absolute Gasteiger partial charge is 0.378 e. The van der Waals surface area contributed by atoms with Gasteiger partial charge in [0, 0.05) is 95.8 Å². The first-order valence-electron chi connectivity index (χ1n) is 17.3. The van der Waals surface area contributed by atoms with Crippen LogP contribution < -0.4 is 10.6 Å². The third-order valence-corrected chi connectivity index (χ3v) is 7.74. The zero-order valence-electron chi connectivity index (χ0n) is 29.5. The van der Waals surface area contributed by atoms with Crippen LogP contribution in [0.4, 0.5) is 0 Å². The Labute approximate surface area is 305 Å². The predicted molar refractivity (Wildman–Crippen MR) is 178 cm³/mol. The number of hydroxylamine groups is 2. The van der Waals surface area contributed by atoms with E-state index in [0.29, 0.717) is 18.2 Å². The van der Waals surface area contributed by atoms with Crippen LogP contribution in [0.25, 0.3) is 0 Å². The van der Waals surface area contributed by atoms with E-state index < -0.39 is 41.4 Å². The summed E-state index contributed by atoms with van der Waals surface area (Å²) in [6.07, 6.45) is 4.51. The molecule has 8 amide bonds. The van der Waals surface area contributed by atoms with Gasteiger partial charge >= 0.3 is 5.97 Å². The number of ether oxygens (including phenoxy) is 4. The number of hydrogen-bond donors (Lipinski definition) is 2. The Hall–Kier alpha value is -4.89. The molecule has 0 spiro atoms. The second-order valence-electron chi connectivity index (χ2n) is 11.6. The summed E-state index contributed by atoms with van der Waals surface area (Å²) in [5.74, 6) is -4.26. The molecule has 20 heteroatoms. The van der Waals surface area contributed by atoms with Crippen LogP contribution in [0.2, 0.25) is 0 Å². The fraction of sp³-hybridized carbons (Fsp3) is 0.606. The highest BCUT2D eigenvalue weighted by Crippen LogP contribution is 2.13. The van der Waals surface area contributed by atoms with Crippen LogP contribution in [-0.4, -0.2) is 172 Å². The number of nitrogens with zero attached hydrogens (tertiary/aromatic N) is 4. The molecule has 3 rings (SSSR count). The van der Waals surface area contributed by atoms with Gasteiger partial charge in [0.15, 0.2) is 0 Å². The molecule has 3 aliphatic rings. The Morgan fingerprint density at radius 2 is 0.943 bits per heavy atom. The SMILES string of the molecule is O=C(CCN1C(=O)C=CC1=O)NCCOCCOCCN(CCOCCOCCNC(=O)CCN1C(=O)C=CC1=O)CCC(=O)ON1C(=O)CCC1=O. The van der Waals surface area contributed by atoms with Gasteiger partial charge in [-0.1, -0.05) is 0 Å². The smallest absolute Gasteiger partial charge is 0.334 e. The molecule has 1 fully saturated rings. The van der Waals surface area contributed by atoms with Crippen LogP contribution in [0.5, 0.6) is 0 Å². The summed E-state index contributed by atoms with van der Waals surface area (Å²) in [6.45, 7) is 3.63. The number of carbonyl (C=O) groups excluding carboxylic acids is 9. The predicted octanol–water partition coefficient (Wildman–Crippen LogP) is -2.79. The highest BCUT2D eigenvalue weighted by Gasteiger charge is 2.33. The first-order valence-corrected chi connectivity index (χ1v) is 17.3. The van der Waals surface area contributed by atoms with Crippen LogP contribution in [-0.2, 0) is 66.9 Å². The van der Waals surface area contributed by atoms with Crippen molar-refractivity contribution in [2.24, 2.45) is 0 Å². The summed E-state index contributed by atoms with van der Waals surface area (Å²) in [5, 5.41) is 5.80. The van der Waals surface area contributed by atoms with Crippen molar-refractivity contribution in [3.05, 3.63) is 24.3 Å². The van der Waals surface area contributed by atoms with Crippen molar-refractivity contribution in [2.75, 3.05) is 98.7 Å². The van der Waals surface area contributed by atoms with E-state index in [1.165, 1.54) is 0 Å². The minimum atomic E-state index is -0.730. The molecule has 3 heterocycles. The van der Waals surface area contributed by atoms with Crippen molar-refractivity contribution < 1.29 is 66.9 Å². The number of imide groups is 3. The highest BCUT2D eigenvalue weighted by atomic mass is 16.7. The van der Waals surface area contributed by atoms with Crippen molar-refractivity contribution in [3.8, 4) is 0 Å². The maximum atomic E-state index is 12.3. The summed E-state index contributed by atoms with van der Waals surface area (Å²) in [5.41, 5.74) is 0. The molecule has 0 radical (unpaired) electrons. The Morgan fingerprint density at radius 1 is 0.547 bits per heavy atom. The molecule has 0 aliphatic carbocycles. The standard InChI is InChI=1S/C33H46N6O14/c40-25(7-13-37-27(42)1-2-28(37)43)34-10-17-49-21-23-51-19-15-36(12-9-33(48)53-39-31(46)5-6-32(39)47)16-20-52-24-22-50-18-11-35-26(41)8-14-38-29(44)3-4-30(38)45/h1-4H,5-24H2,(H,34,40)(H,35,41). The number of hydrogen-bond acceptors (Lipinski definition) is 15. The highest BCUT2D eigenvalue weighted by molar-refractivity contribution is 6.13. The normalized spacial score (nSPS) is 15.5. The molecule has 0 aromatic carbocycles. The molecule has 20 nitrogen and oxygen atoms in total. The summed E-state index contributed by atoms with van der Waals surface area (Å²) < 4.78 is 22.2. The molecule has 53 heavy (non-hydrogen) atoms. The van der Waals surface area contributed by atoms with Crippen molar-refractivity contribution in [1.29, 1.82) is 0 Å². The quantitative estimate of drug-likeness (QED) is 0.0608. The van der Waals surface area contributed by atoms with Gasteiger partial charge in [-0.25, -0.2) is 4.79 Å². The summed E-state index contributed by atoms with van der Waals surface area (Å²) >= 11 is 0. The first kappa shape index (κ1) is 42.5. The first-order chi connectivity index (χ1) is 25.5. The Balaban J connectivity index is 1.23. The lowest BCUT2D eigenvalue weighted by Crippen LogP contribution is -2.36. The maximum Gasteiger partial charge on any atom is 0.334 e. The van der Waals surface area contributed by atoms with E-state index in [9.17, 15) is 43.2 Å². The fourth-order valence-corrected chi connectivity index (χ4v) is 4.85. The molecule has 0 saturated carbocycles. The number of amides is 8. The van der Waals surface area contributed by atoms with E-state index in [1.54, 1.807) is 0 Å². The van der Waals surface area contributed by atoms with Gasteiger partial charge in [0.05, 0.1) is 59.3 Å². The van der Waals surface area contributed by atoms with Gasteiger partial charge in [0.1, 0.15) is 0 Å². The molecular formula is C33H46N6O14. The van der Waals surface area contributed by atoms with Crippen LogP contribution in [0.3, 0.4) is 0 Å². The van der Waals surface area contributed by atoms with Gasteiger partial charge in [-0.3, -0.25) is 53.1 Å². The van der Waals surface area contributed by atoms with E-state index in [4.69, 9.17) is 23.8 Å². The molecule has 0 atom stereocenters. The second-order valence-corrected chi connectivity index (χ2v) is 11.6. The molecular weight excluding hydrogens is 704 g/mol. The average molecular weight is 751 g/mol. The van der Waals surface area contributed by atoms with Gasteiger partial charge in [-0.15, -0.1) is 5.06 Å². The summed E-state index contributed by atoms with van der Waals surface area (Å²) in [7, 11) is 0. The molecule has 3 aliphatic heterocycles. The number of carbonyl (C=O) groups is 9. The summed E-state index contributed by atoms with van der Waals surface area (Å²) in [4.78, 5) is 115. The zero-order chi connectivity index (χ0) is 38.4. The fourth-order valence-electron chi connectivity index (χ4n) is 4.85. The molecule has 2 N–H and O–H groups in total. The molecule has 1 saturated heterocycles. The number of rotatable bonds is 28. The Morgan fingerprint density at radius 3 is 1.36 bits per heavy atom. The van der Waals surface area contributed by atoms with Crippen molar-refractivity contribution in [1.82, 2.24) is 30.4 Å². The van der Waals surface area contributed by atoms with Gasteiger partial charge in [0.25, 0.3) is 35.4 Å². The van der Waals surface area contributed by atoms with E-state index in [0.717, 1.165) is 34.1 Å². The zero-order valence-corrected chi connectivity index (χ0v) is 29.5. The van der Waals surface area contributed by atoms with Crippen molar-refractivity contribution in [3.63, 3.8) is 0 Å². The van der Waals surface area contributed by atoms with E-state index in [-0.39, 0.29) is 129 Å².